The summed E-state index contributed by atoms with van der Waals surface area (Å²) >= 11 is 6.12. The molecule has 1 saturated heterocycles. The van der Waals surface area contributed by atoms with Crippen molar-refractivity contribution >= 4 is 34.9 Å². The summed E-state index contributed by atoms with van der Waals surface area (Å²) in [5.41, 5.74) is -0.0224. The normalized spacial score (nSPS) is 26.1. The Hall–Kier alpha value is 0.200. The third kappa shape index (κ3) is 1.79. The highest BCUT2D eigenvalue weighted by atomic mass is 32.2. The molecule has 0 radical (unpaired) electrons. The van der Waals surface area contributed by atoms with Gasteiger partial charge in [-0.05, 0) is 43.2 Å². The number of fused-ring (bicyclic) bond motifs is 2. The Balaban J connectivity index is 2.05. The monoisotopic (exact) mass is 272 g/mol. The van der Waals surface area contributed by atoms with E-state index in [9.17, 15) is 0 Å². The lowest BCUT2D eigenvalue weighted by Gasteiger charge is -2.45. The number of hydrogen-bond donors (Lipinski definition) is 0. The molecule has 2 aliphatic heterocycles. The van der Waals surface area contributed by atoms with E-state index < -0.39 is 0 Å². The minimum atomic E-state index is -0.0224. The van der Waals surface area contributed by atoms with Crippen LogP contribution in [0.15, 0.2) is 11.4 Å². The molecule has 0 atom stereocenters. The van der Waals surface area contributed by atoms with E-state index in [0.717, 1.165) is 12.2 Å². The van der Waals surface area contributed by atoms with Gasteiger partial charge in [-0.2, -0.15) is 0 Å². The van der Waals surface area contributed by atoms with Gasteiger partial charge in [-0.3, -0.25) is 0 Å². The Morgan fingerprint density at radius 3 is 2.75 bits per heavy atom. The highest BCUT2D eigenvalue weighted by Crippen LogP contribution is 2.61. The van der Waals surface area contributed by atoms with Gasteiger partial charge in [-0.15, -0.1) is 34.9 Å². The molecule has 1 fully saturated rings. The van der Waals surface area contributed by atoms with Gasteiger partial charge in [0.2, 0.25) is 0 Å². The van der Waals surface area contributed by atoms with Crippen molar-refractivity contribution in [3.05, 3.63) is 16.3 Å². The topological polar surface area (TPSA) is 9.23 Å². The number of hydrogen-bond acceptors (Lipinski definition) is 4. The molecule has 3 rings (SSSR count). The van der Waals surface area contributed by atoms with Crippen LogP contribution in [0.25, 0.3) is 0 Å². The minimum Gasteiger partial charge on any atom is -0.487 e. The van der Waals surface area contributed by atoms with E-state index in [2.05, 4.69) is 48.8 Å². The molecule has 1 aromatic rings. The summed E-state index contributed by atoms with van der Waals surface area (Å²) in [6.07, 6.45) is 2.47. The smallest absolute Gasteiger partial charge is 0.136 e. The van der Waals surface area contributed by atoms with Crippen LogP contribution in [-0.4, -0.2) is 17.1 Å². The largest absolute Gasteiger partial charge is 0.487 e. The zero-order valence-corrected chi connectivity index (χ0v) is 12.1. The van der Waals surface area contributed by atoms with Crippen molar-refractivity contribution in [2.75, 3.05) is 11.5 Å². The van der Waals surface area contributed by atoms with Crippen molar-refractivity contribution in [3.63, 3.8) is 0 Å². The van der Waals surface area contributed by atoms with Crippen LogP contribution in [0, 0.1) is 0 Å². The van der Waals surface area contributed by atoms with E-state index >= 15 is 0 Å². The molecule has 1 nitrogen and oxygen atoms in total. The lowest BCUT2D eigenvalue weighted by atomic mass is 9.98. The van der Waals surface area contributed by atoms with Gasteiger partial charge in [0.05, 0.1) is 4.88 Å². The van der Waals surface area contributed by atoms with Crippen LogP contribution in [0.4, 0.5) is 0 Å². The molecule has 3 heterocycles. The van der Waals surface area contributed by atoms with Crippen LogP contribution in [0.3, 0.4) is 0 Å². The first kappa shape index (κ1) is 11.3. The van der Waals surface area contributed by atoms with Gasteiger partial charge in [0.25, 0.3) is 0 Å². The molecule has 0 N–H and O–H groups in total. The predicted molar refractivity (Wildman–Crippen MR) is 74.9 cm³/mol. The number of ether oxygens (including phenoxy) is 1. The Labute approximate surface area is 109 Å². The van der Waals surface area contributed by atoms with Gasteiger partial charge in [-0.1, -0.05) is 0 Å². The van der Waals surface area contributed by atoms with Gasteiger partial charge in [-0.25, -0.2) is 0 Å². The van der Waals surface area contributed by atoms with Crippen molar-refractivity contribution in [3.8, 4) is 5.75 Å². The molecule has 0 unspecified atom stereocenters. The Morgan fingerprint density at radius 2 is 2.00 bits per heavy atom. The second-order valence-electron chi connectivity index (χ2n) is 4.96. The molecule has 0 saturated carbocycles. The number of thiophene rings is 1. The van der Waals surface area contributed by atoms with E-state index in [-0.39, 0.29) is 9.68 Å². The van der Waals surface area contributed by atoms with Crippen LogP contribution in [-0.2, 0) is 4.08 Å². The summed E-state index contributed by atoms with van der Waals surface area (Å²) in [6.45, 7) is 4.43. The molecule has 1 spiro atoms. The molecule has 16 heavy (non-hydrogen) atoms. The minimum absolute atomic E-state index is 0.0224. The van der Waals surface area contributed by atoms with Crippen molar-refractivity contribution < 1.29 is 4.74 Å². The fourth-order valence-electron chi connectivity index (χ4n) is 2.44. The highest BCUT2D eigenvalue weighted by Gasteiger charge is 2.47. The third-order valence-electron chi connectivity index (χ3n) is 2.98. The van der Waals surface area contributed by atoms with Crippen molar-refractivity contribution in [1.82, 2.24) is 0 Å². The van der Waals surface area contributed by atoms with Gasteiger partial charge < -0.3 is 4.74 Å². The fourth-order valence-corrected chi connectivity index (χ4v) is 7.50. The first-order valence-corrected chi connectivity index (χ1v) is 8.51. The van der Waals surface area contributed by atoms with Crippen LogP contribution in [0.2, 0.25) is 0 Å². The lowest BCUT2D eigenvalue weighted by Crippen LogP contribution is -2.41. The maximum atomic E-state index is 6.07. The van der Waals surface area contributed by atoms with Crippen LogP contribution in [0.5, 0.6) is 5.75 Å². The SMILES string of the molecule is CC1(C)CC2(SCCCS2)c2sccc2O1. The Kier molecular flexibility index (Phi) is 2.72. The van der Waals surface area contributed by atoms with Crippen molar-refractivity contribution in [1.29, 1.82) is 0 Å². The maximum absolute atomic E-state index is 6.07. The van der Waals surface area contributed by atoms with Gasteiger partial charge in [0, 0.05) is 6.42 Å². The van der Waals surface area contributed by atoms with E-state index in [1.165, 1.54) is 22.8 Å². The first-order chi connectivity index (χ1) is 7.61. The maximum Gasteiger partial charge on any atom is 0.136 e. The number of thioether (sulfide) groups is 2. The predicted octanol–water partition coefficient (Wildman–Crippen LogP) is 4.33. The van der Waals surface area contributed by atoms with Crippen molar-refractivity contribution in [2.45, 2.75) is 36.4 Å². The van der Waals surface area contributed by atoms with Crippen molar-refractivity contribution in [2.24, 2.45) is 0 Å². The van der Waals surface area contributed by atoms with Gasteiger partial charge in [0.15, 0.2) is 0 Å². The zero-order chi connectivity index (χ0) is 11.2. The average Bonchev–Trinajstić information content (AvgIpc) is 2.65. The lowest BCUT2D eigenvalue weighted by molar-refractivity contribution is 0.0807. The molecule has 0 amide bonds. The molecule has 1 aromatic heterocycles. The highest BCUT2D eigenvalue weighted by molar-refractivity contribution is 8.18. The van der Waals surface area contributed by atoms with Crippen LogP contribution < -0.4 is 4.74 Å². The summed E-state index contributed by atoms with van der Waals surface area (Å²) in [4.78, 5) is 1.46. The molecule has 4 heteroatoms. The summed E-state index contributed by atoms with van der Waals surface area (Å²) < 4.78 is 6.35. The standard InChI is InChI=1S/C12H16OS3/c1-11(2)8-12(15-5-3-6-16-12)10-9(13-11)4-7-14-10/h4,7H,3,5-6,8H2,1-2H3. The molecular formula is C12H16OS3. The van der Waals surface area contributed by atoms with Gasteiger partial charge in [0.1, 0.15) is 15.4 Å². The second kappa shape index (κ2) is 3.85. The first-order valence-electron chi connectivity index (χ1n) is 5.66. The zero-order valence-electron chi connectivity index (χ0n) is 9.62. The van der Waals surface area contributed by atoms with Crippen LogP contribution in [0.1, 0.15) is 31.6 Å². The Morgan fingerprint density at radius 1 is 1.25 bits per heavy atom. The van der Waals surface area contributed by atoms with E-state index in [4.69, 9.17) is 4.74 Å². The molecular weight excluding hydrogens is 256 g/mol. The van der Waals surface area contributed by atoms with Gasteiger partial charge >= 0.3 is 0 Å². The summed E-state index contributed by atoms with van der Waals surface area (Å²) in [5, 5.41) is 2.17. The summed E-state index contributed by atoms with van der Waals surface area (Å²) in [6, 6.07) is 2.14. The Bertz CT molecular complexity index is 391. The fraction of sp³-hybridized carbons (Fsp3) is 0.667. The van der Waals surface area contributed by atoms with E-state index in [0.29, 0.717) is 0 Å². The molecule has 2 aliphatic rings. The number of rotatable bonds is 0. The average molecular weight is 272 g/mol. The summed E-state index contributed by atoms with van der Waals surface area (Å²) in [7, 11) is 0. The third-order valence-corrected chi connectivity index (χ3v) is 7.62. The summed E-state index contributed by atoms with van der Waals surface area (Å²) in [5.74, 6) is 3.71. The molecule has 0 aliphatic carbocycles. The molecule has 88 valence electrons. The van der Waals surface area contributed by atoms with E-state index in [1.54, 1.807) is 0 Å². The second-order valence-corrected chi connectivity index (χ2v) is 8.92. The quantitative estimate of drug-likeness (QED) is 0.695. The molecule has 0 aromatic carbocycles. The van der Waals surface area contributed by atoms with Crippen LogP contribution >= 0.6 is 34.9 Å². The molecule has 0 bridgehead atoms. The van der Waals surface area contributed by atoms with E-state index in [1.807, 2.05) is 11.3 Å².